The highest BCUT2D eigenvalue weighted by atomic mass is 16.6. The summed E-state index contributed by atoms with van der Waals surface area (Å²) in [5.41, 5.74) is 14.5. The van der Waals surface area contributed by atoms with Gasteiger partial charge in [-0.25, -0.2) is 4.79 Å². The zero-order chi connectivity index (χ0) is 21.2. The molecule has 1 aliphatic rings. The second kappa shape index (κ2) is 8.23. The minimum absolute atomic E-state index is 0.0495. The Labute approximate surface area is 173 Å². The Morgan fingerprint density at radius 2 is 1.59 bits per heavy atom. The fourth-order valence-electron chi connectivity index (χ4n) is 3.84. The first-order valence-corrected chi connectivity index (χ1v) is 10.1. The van der Waals surface area contributed by atoms with Crippen molar-refractivity contribution in [2.45, 2.75) is 58.2 Å². The predicted octanol–water partition coefficient (Wildman–Crippen LogP) is 4.65. The zero-order valence-electron chi connectivity index (χ0n) is 17.8. The van der Waals surface area contributed by atoms with Gasteiger partial charge in [0.1, 0.15) is 5.60 Å². The number of carbonyl (C=O) groups excluding carboxylic acids is 1. The number of benzene rings is 2. The van der Waals surface area contributed by atoms with E-state index in [9.17, 15) is 4.79 Å². The van der Waals surface area contributed by atoms with Gasteiger partial charge in [-0.15, -0.1) is 0 Å². The van der Waals surface area contributed by atoms with Crippen LogP contribution in [0.15, 0.2) is 48.5 Å². The third kappa shape index (κ3) is 5.13. The Balaban J connectivity index is 1.82. The van der Waals surface area contributed by atoms with Gasteiger partial charge in [-0.3, -0.25) is 4.90 Å². The second-order valence-corrected chi connectivity index (χ2v) is 8.75. The highest BCUT2D eigenvalue weighted by Crippen LogP contribution is 2.31. The molecule has 2 atom stereocenters. The van der Waals surface area contributed by atoms with Gasteiger partial charge >= 0.3 is 6.09 Å². The van der Waals surface area contributed by atoms with Crippen LogP contribution in [0.4, 0.5) is 27.5 Å². The van der Waals surface area contributed by atoms with Crippen molar-refractivity contribution in [3.63, 3.8) is 0 Å². The van der Waals surface area contributed by atoms with Gasteiger partial charge in [0.2, 0.25) is 0 Å². The van der Waals surface area contributed by atoms with Crippen molar-refractivity contribution in [1.82, 2.24) is 0 Å². The van der Waals surface area contributed by atoms with Gasteiger partial charge in [0.25, 0.3) is 0 Å². The minimum Gasteiger partial charge on any atom is -0.443 e. The Hall–Kier alpha value is -2.89. The van der Waals surface area contributed by atoms with E-state index in [2.05, 4.69) is 24.0 Å². The lowest BCUT2D eigenvalue weighted by molar-refractivity contribution is 0.0558. The number of nitrogens with zero attached hydrogens (tertiary/aromatic N) is 2. The molecule has 4 N–H and O–H groups in total. The maximum atomic E-state index is 13.1. The van der Waals surface area contributed by atoms with Crippen LogP contribution < -0.4 is 21.3 Å². The van der Waals surface area contributed by atoms with E-state index < -0.39 is 5.60 Å². The standard InChI is InChI=1S/C23H32N4O2/c1-16-15-21(13-14-26(16)19-9-5-17(24)6-10-19)27(22(28)29-23(2,3)4)20-11-7-18(25)8-12-20/h5-12,16,21H,13-15,24-25H2,1-4H3. The molecule has 1 fully saturated rings. The monoisotopic (exact) mass is 396 g/mol. The summed E-state index contributed by atoms with van der Waals surface area (Å²) in [5.74, 6) is 0. The van der Waals surface area contributed by atoms with Crippen molar-refractivity contribution >= 4 is 28.8 Å². The highest BCUT2D eigenvalue weighted by Gasteiger charge is 2.35. The van der Waals surface area contributed by atoms with Gasteiger partial charge in [-0.1, -0.05) is 0 Å². The first kappa shape index (κ1) is 20.8. The van der Waals surface area contributed by atoms with Crippen molar-refractivity contribution in [1.29, 1.82) is 0 Å². The van der Waals surface area contributed by atoms with E-state index >= 15 is 0 Å². The van der Waals surface area contributed by atoms with Crippen LogP contribution in [0.1, 0.15) is 40.5 Å². The largest absolute Gasteiger partial charge is 0.443 e. The molecule has 0 saturated carbocycles. The highest BCUT2D eigenvalue weighted by molar-refractivity contribution is 5.89. The van der Waals surface area contributed by atoms with Crippen LogP contribution in [0.25, 0.3) is 0 Å². The quantitative estimate of drug-likeness (QED) is 0.738. The van der Waals surface area contributed by atoms with Gasteiger partial charge in [0.05, 0.1) is 0 Å². The second-order valence-electron chi connectivity index (χ2n) is 8.75. The fraction of sp³-hybridized carbons (Fsp3) is 0.435. The van der Waals surface area contributed by atoms with E-state index in [1.54, 1.807) is 4.90 Å². The number of anilines is 4. The molecular formula is C23H32N4O2. The molecule has 1 heterocycles. The van der Waals surface area contributed by atoms with Crippen LogP contribution in [0.3, 0.4) is 0 Å². The normalized spacial score (nSPS) is 19.7. The number of nitrogen functional groups attached to an aromatic ring is 2. The van der Waals surface area contributed by atoms with Crippen molar-refractivity contribution in [2.24, 2.45) is 0 Å². The molecule has 6 heteroatoms. The van der Waals surface area contributed by atoms with E-state index in [-0.39, 0.29) is 18.2 Å². The summed E-state index contributed by atoms with van der Waals surface area (Å²) in [5, 5.41) is 0. The maximum absolute atomic E-state index is 13.1. The Bertz CT molecular complexity index is 827. The number of amides is 1. The van der Waals surface area contributed by atoms with Crippen molar-refractivity contribution in [2.75, 3.05) is 27.8 Å². The number of rotatable bonds is 3. The summed E-state index contributed by atoms with van der Waals surface area (Å²) in [6, 6.07) is 15.7. The molecule has 156 valence electrons. The van der Waals surface area contributed by atoms with E-state index in [1.807, 2.05) is 57.2 Å². The average molecular weight is 397 g/mol. The SMILES string of the molecule is CC1CC(N(C(=O)OC(C)(C)C)c2ccc(N)cc2)CCN1c1ccc(N)cc1. The van der Waals surface area contributed by atoms with Gasteiger partial charge in [-0.05, 0) is 89.1 Å². The van der Waals surface area contributed by atoms with Crippen LogP contribution in [-0.2, 0) is 4.74 Å². The molecule has 6 nitrogen and oxygen atoms in total. The topological polar surface area (TPSA) is 84.8 Å². The number of ether oxygens (including phenoxy) is 1. The Morgan fingerprint density at radius 1 is 1.03 bits per heavy atom. The average Bonchev–Trinajstić information content (AvgIpc) is 2.63. The van der Waals surface area contributed by atoms with Gasteiger partial charge in [0.15, 0.2) is 0 Å². The number of piperidine rings is 1. The van der Waals surface area contributed by atoms with Crippen molar-refractivity contribution < 1.29 is 9.53 Å². The van der Waals surface area contributed by atoms with Crippen molar-refractivity contribution in [3.05, 3.63) is 48.5 Å². The van der Waals surface area contributed by atoms with Crippen LogP contribution in [-0.4, -0.2) is 30.3 Å². The van der Waals surface area contributed by atoms with E-state index in [0.717, 1.165) is 36.4 Å². The third-order valence-corrected chi connectivity index (χ3v) is 5.20. The minimum atomic E-state index is -0.556. The lowest BCUT2D eigenvalue weighted by atomic mass is 9.95. The Morgan fingerprint density at radius 3 is 2.10 bits per heavy atom. The van der Waals surface area contributed by atoms with E-state index in [4.69, 9.17) is 16.2 Å². The Kier molecular flexibility index (Phi) is 5.91. The van der Waals surface area contributed by atoms with Gasteiger partial charge in [-0.2, -0.15) is 0 Å². The lowest BCUT2D eigenvalue weighted by Gasteiger charge is -2.43. The first-order valence-electron chi connectivity index (χ1n) is 10.1. The molecule has 1 aliphatic heterocycles. The number of nitrogens with two attached hydrogens (primary N) is 2. The molecular weight excluding hydrogens is 364 g/mol. The summed E-state index contributed by atoms with van der Waals surface area (Å²) in [7, 11) is 0. The molecule has 2 aromatic rings. The summed E-state index contributed by atoms with van der Waals surface area (Å²) in [4.78, 5) is 17.2. The maximum Gasteiger partial charge on any atom is 0.415 e. The molecule has 2 unspecified atom stereocenters. The van der Waals surface area contributed by atoms with Crippen LogP contribution in [0, 0.1) is 0 Å². The predicted molar refractivity (Wildman–Crippen MR) is 120 cm³/mol. The van der Waals surface area contributed by atoms with Crippen LogP contribution in [0.2, 0.25) is 0 Å². The van der Waals surface area contributed by atoms with Gasteiger partial charge < -0.3 is 21.1 Å². The third-order valence-electron chi connectivity index (χ3n) is 5.20. The number of carbonyl (C=O) groups is 1. The first-order chi connectivity index (χ1) is 13.6. The van der Waals surface area contributed by atoms with Crippen LogP contribution >= 0.6 is 0 Å². The van der Waals surface area contributed by atoms with Crippen LogP contribution in [0.5, 0.6) is 0 Å². The molecule has 0 spiro atoms. The smallest absolute Gasteiger partial charge is 0.415 e. The molecule has 29 heavy (non-hydrogen) atoms. The lowest BCUT2D eigenvalue weighted by Crippen LogP contribution is -2.52. The fourth-order valence-corrected chi connectivity index (χ4v) is 3.84. The summed E-state index contributed by atoms with van der Waals surface area (Å²) in [6.07, 6.45) is 1.37. The zero-order valence-corrected chi connectivity index (χ0v) is 17.8. The molecule has 1 amide bonds. The molecule has 1 saturated heterocycles. The van der Waals surface area contributed by atoms with Crippen molar-refractivity contribution in [3.8, 4) is 0 Å². The molecule has 0 bridgehead atoms. The summed E-state index contributed by atoms with van der Waals surface area (Å²) in [6.45, 7) is 8.71. The summed E-state index contributed by atoms with van der Waals surface area (Å²) >= 11 is 0. The molecule has 3 rings (SSSR count). The van der Waals surface area contributed by atoms with Gasteiger partial charge in [0, 0.05) is 41.4 Å². The van der Waals surface area contributed by atoms with E-state index in [0.29, 0.717) is 5.69 Å². The molecule has 0 aromatic heterocycles. The number of hydrogen-bond acceptors (Lipinski definition) is 5. The molecule has 0 radical (unpaired) electrons. The number of hydrogen-bond donors (Lipinski definition) is 2. The molecule has 2 aromatic carbocycles. The summed E-state index contributed by atoms with van der Waals surface area (Å²) < 4.78 is 5.73. The molecule has 0 aliphatic carbocycles. The van der Waals surface area contributed by atoms with E-state index in [1.165, 1.54) is 0 Å².